The van der Waals surface area contributed by atoms with Crippen molar-refractivity contribution in [1.29, 1.82) is 0 Å². The predicted octanol–water partition coefficient (Wildman–Crippen LogP) is 5.70. The summed E-state index contributed by atoms with van der Waals surface area (Å²) < 4.78 is 30.7. The fraction of sp³-hybridized carbons (Fsp3) is 0.233. The summed E-state index contributed by atoms with van der Waals surface area (Å²) in [6, 6.07) is 8.48. The molecule has 0 amide bonds. The van der Waals surface area contributed by atoms with Crippen LogP contribution in [0.2, 0.25) is 0 Å². The van der Waals surface area contributed by atoms with Gasteiger partial charge in [-0.3, -0.25) is 20.1 Å². The van der Waals surface area contributed by atoms with Crippen molar-refractivity contribution < 1.29 is 8.78 Å². The van der Waals surface area contributed by atoms with Crippen LogP contribution < -0.4 is 10.6 Å². The number of hydrogen-bond donors (Lipinski definition) is 4. The Hall–Kier alpha value is -4.97. The minimum atomic E-state index is -0.544. The molecule has 0 saturated carbocycles. The highest BCUT2D eigenvalue weighted by atomic mass is 19.1. The van der Waals surface area contributed by atoms with Crippen molar-refractivity contribution in [1.82, 2.24) is 40.0 Å². The number of pyridine rings is 3. The van der Waals surface area contributed by atoms with E-state index in [0.717, 1.165) is 12.2 Å². The quantitative estimate of drug-likeness (QED) is 0.175. The number of rotatable bonds is 9. The molecular formula is C30H30F2N10. The molecule has 4 N–H and O–H groups in total. The molecule has 10 nitrogen and oxygen atoms in total. The molecule has 0 spiro atoms. The monoisotopic (exact) mass is 568 g/mol. The van der Waals surface area contributed by atoms with Crippen LogP contribution in [0.15, 0.2) is 55.1 Å². The zero-order valence-corrected chi connectivity index (χ0v) is 23.6. The molecule has 0 saturated heterocycles. The summed E-state index contributed by atoms with van der Waals surface area (Å²) in [5, 5.41) is 14.0. The van der Waals surface area contributed by atoms with Crippen LogP contribution in [-0.2, 0) is 0 Å². The van der Waals surface area contributed by atoms with E-state index in [1.807, 2.05) is 45.0 Å². The Kier molecular flexibility index (Phi) is 7.21. The minimum absolute atomic E-state index is 0.151. The summed E-state index contributed by atoms with van der Waals surface area (Å²) in [5.41, 5.74) is 5.04. The van der Waals surface area contributed by atoms with Crippen molar-refractivity contribution in [3.63, 3.8) is 0 Å². The van der Waals surface area contributed by atoms with Crippen LogP contribution in [-0.4, -0.2) is 73.2 Å². The van der Waals surface area contributed by atoms with Crippen LogP contribution >= 0.6 is 0 Å². The van der Waals surface area contributed by atoms with E-state index >= 15 is 4.39 Å². The highest BCUT2D eigenvalue weighted by molar-refractivity contribution is 5.97. The molecule has 0 aliphatic carbocycles. The first kappa shape index (κ1) is 27.2. The number of aromatic amines is 2. The van der Waals surface area contributed by atoms with Gasteiger partial charge in [0.2, 0.25) is 0 Å². The van der Waals surface area contributed by atoms with Gasteiger partial charge >= 0.3 is 0 Å². The maximum atomic E-state index is 16.1. The first-order chi connectivity index (χ1) is 20.3. The molecule has 5 aromatic heterocycles. The highest BCUT2D eigenvalue weighted by Gasteiger charge is 2.22. The molecule has 0 atom stereocenters. The average Bonchev–Trinajstić information content (AvgIpc) is 3.57. The molecular weight excluding hydrogens is 538 g/mol. The highest BCUT2D eigenvalue weighted by Crippen LogP contribution is 2.34. The SMILES string of the molecule is CC(C)Nc1cncc(-c2ncc3[nH]nc(-c4nc5c(-c6cc(F)cc(NCCN(C)C)c6)nccc5[nH]4)c3c2F)c1. The fourth-order valence-electron chi connectivity index (χ4n) is 4.84. The molecule has 214 valence electrons. The lowest BCUT2D eigenvalue weighted by atomic mass is 10.1. The zero-order chi connectivity index (χ0) is 29.4. The number of hydrogen-bond acceptors (Lipinski definition) is 8. The van der Waals surface area contributed by atoms with E-state index in [2.05, 4.69) is 40.8 Å². The molecule has 6 aromatic rings. The number of halogens is 2. The van der Waals surface area contributed by atoms with E-state index in [9.17, 15) is 4.39 Å². The summed E-state index contributed by atoms with van der Waals surface area (Å²) in [5.74, 6) is -0.593. The van der Waals surface area contributed by atoms with Crippen LogP contribution in [0.25, 0.3) is 56.0 Å². The Bertz CT molecular complexity index is 1890. The Morgan fingerprint density at radius 3 is 2.55 bits per heavy atom. The summed E-state index contributed by atoms with van der Waals surface area (Å²) in [4.78, 5) is 23.2. The first-order valence-electron chi connectivity index (χ1n) is 13.6. The number of aromatic nitrogens is 7. The summed E-state index contributed by atoms with van der Waals surface area (Å²) in [7, 11) is 3.95. The average molecular weight is 569 g/mol. The number of imidazole rings is 1. The lowest BCUT2D eigenvalue weighted by Crippen LogP contribution is -2.20. The number of anilines is 2. The Labute approximate surface area is 240 Å². The van der Waals surface area contributed by atoms with Gasteiger partial charge in [0, 0.05) is 54.5 Å². The van der Waals surface area contributed by atoms with Gasteiger partial charge in [-0.2, -0.15) is 5.10 Å². The van der Waals surface area contributed by atoms with E-state index in [-0.39, 0.29) is 17.1 Å². The zero-order valence-electron chi connectivity index (χ0n) is 23.6. The molecule has 1 aromatic carbocycles. The Morgan fingerprint density at radius 1 is 0.905 bits per heavy atom. The topological polar surface area (TPSA) is 123 Å². The molecule has 0 radical (unpaired) electrons. The number of fused-ring (bicyclic) bond motifs is 2. The minimum Gasteiger partial charge on any atom is -0.384 e. The molecule has 0 bridgehead atoms. The van der Waals surface area contributed by atoms with Gasteiger partial charge in [0.15, 0.2) is 11.6 Å². The second kappa shape index (κ2) is 11.1. The van der Waals surface area contributed by atoms with Gasteiger partial charge in [-0.25, -0.2) is 13.8 Å². The van der Waals surface area contributed by atoms with Crippen LogP contribution in [0, 0.1) is 11.6 Å². The van der Waals surface area contributed by atoms with Gasteiger partial charge in [-0.1, -0.05) is 0 Å². The fourth-order valence-corrected chi connectivity index (χ4v) is 4.84. The molecule has 0 fully saturated rings. The maximum Gasteiger partial charge on any atom is 0.161 e. The number of H-pyrrole nitrogens is 2. The standard InChI is InChI=1S/C30H30F2N10/c1-16(2)37-21-11-18(13-33-14-21)26-25(32)24-23(15-36-26)40-41-29(24)30-38-22-5-6-35-27(28(22)39-30)17-9-19(31)12-20(10-17)34-7-8-42(3)4/h5-6,9-16,34,37H,7-8H2,1-4H3,(H,38,39)(H,40,41). The van der Waals surface area contributed by atoms with Gasteiger partial charge in [0.1, 0.15) is 22.7 Å². The lowest BCUT2D eigenvalue weighted by molar-refractivity contribution is 0.425. The van der Waals surface area contributed by atoms with E-state index in [0.29, 0.717) is 57.1 Å². The molecule has 42 heavy (non-hydrogen) atoms. The third kappa shape index (κ3) is 5.36. The third-order valence-electron chi connectivity index (χ3n) is 6.70. The molecule has 0 aliphatic rings. The third-order valence-corrected chi connectivity index (χ3v) is 6.70. The molecule has 5 heterocycles. The molecule has 0 aliphatic heterocycles. The number of nitrogens with zero attached hydrogens (tertiary/aromatic N) is 6. The predicted molar refractivity (Wildman–Crippen MR) is 161 cm³/mol. The van der Waals surface area contributed by atoms with E-state index in [1.54, 1.807) is 30.9 Å². The summed E-state index contributed by atoms with van der Waals surface area (Å²) in [6.07, 6.45) is 6.43. The Balaban J connectivity index is 1.41. The van der Waals surface area contributed by atoms with Crippen molar-refractivity contribution >= 4 is 33.3 Å². The van der Waals surface area contributed by atoms with Crippen LogP contribution in [0.4, 0.5) is 20.2 Å². The first-order valence-corrected chi connectivity index (χ1v) is 13.6. The van der Waals surface area contributed by atoms with Crippen molar-refractivity contribution in [2.24, 2.45) is 0 Å². The van der Waals surface area contributed by atoms with Crippen molar-refractivity contribution in [2.75, 3.05) is 37.8 Å². The number of likely N-dealkylation sites (N-methyl/N-ethyl adjacent to an activating group) is 1. The normalized spacial score (nSPS) is 11.7. The van der Waals surface area contributed by atoms with Gasteiger partial charge < -0.3 is 20.5 Å². The van der Waals surface area contributed by atoms with Crippen molar-refractivity contribution in [3.05, 3.63) is 66.8 Å². The Morgan fingerprint density at radius 2 is 1.74 bits per heavy atom. The largest absolute Gasteiger partial charge is 0.384 e. The maximum absolute atomic E-state index is 16.1. The lowest BCUT2D eigenvalue weighted by Gasteiger charge is -2.12. The van der Waals surface area contributed by atoms with E-state index in [1.165, 1.54) is 12.1 Å². The second-order valence-corrected chi connectivity index (χ2v) is 10.6. The van der Waals surface area contributed by atoms with Gasteiger partial charge in [-0.05, 0) is 58.3 Å². The van der Waals surface area contributed by atoms with Crippen molar-refractivity contribution in [2.45, 2.75) is 19.9 Å². The second-order valence-electron chi connectivity index (χ2n) is 10.6. The van der Waals surface area contributed by atoms with E-state index in [4.69, 9.17) is 4.98 Å². The van der Waals surface area contributed by atoms with Crippen molar-refractivity contribution in [3.8, 4) is 34.0 Å². The van der Waals surface area contributed by atoms with Crippen LogP contribution in [0.1, 0.15) is 13.8 Å². The smallest absolute Gasteiger partial charge is 0.161 e. The number of benzene rings is 1. The van der Waals surface area contributed by atoms with Crippen LogP contribution in [0.5, 0.6) is 0 Å². The van der Waals surface area contributed by atoms with Gasteiger partial charge in [0.25, 0.3) is 0 Å². The number of nitrogens with one attached hydrogen (secondary N) is 4. The summed E-state index contributed by atoms with van der Waals surface area (Å²) in [6.45, 7) is 5.48. The molecule has 12 heteroatoms. The molecule has 0 unspecified atom stereocenters. The van der Waals surface area contributed by atoms with Gasteiger partial charge in [0.05, 0.1) is 34.0 Å². The van der Waals surface area contributed by atoms with Gasteiger partial charge in [-0.15, -0.1) is 0 Å². The van der Waals surface area contributed by atoms with Crippen LogP contribution in [0.3, 0.4) is 0 Å². The van der Waals surface area contributed by atoms with E-state index < -0.39 is 11.6 Å². The summed E-state index contributed by atoms with van der Waals surface area (Å²) >= 11 is 0. The molecule has 6 rings (SSSR count).